The van der Waals surface area contributed by atoms with Gasteiger partial charge in [-0.2, -0.15) is 0 Å². The van der Waals surface area contributed by atoms with Crippen molar-refractivity contribution in [3.63, 3.8) is 0 Å². The molecule has 0 amide bonds. The van der Waals surface area contributed by atoms with Crippen molar-refractivity contribution in [1.29, 1.82) is 0 Å². The molecule has 19 heavy (non-hydrogen) atoms. The summed E-state index contributed by atoms with van der Waals surface area (Å²) in [6.07, 6.45) is 1.37. The Kier molecular flexibility index (Phi) is 3.27. The van der Waals surface area contributed by atoms with E-state index in [-0.39, 0.29) is 10.6 Å². The van der Waals surface area contributed by atoms with Crippen LogP contribution in [-0.4, -0.2) is 17.3 Å². The number of hydrogen-bond donors (Lipinski definition) is 0. The molecule has 0 N–H and O–H groups in total. The van der Waals surface area contributed by atoms with Gasteiger partial charge in [0.2, 0.25) is 0 Å². The maximum absolute atomic E-state index is 11.5. The molecule has 1 fully saturated rings. The molecular formula is C14H16BrNO3. The van der Waals surface area contributed by atoms with Gasteiger partial charge in [0.25, 0.3) is 0 Å². The van der Waals surface area contributed by atoms with Gasteiger partial charge in [-0.15, -0.1) is 0 Å². The summed E-state index contributed by atoms with van der Waals surface area (Å²) >= 11 is 3.74. The fourth-order valence-corrected chi connectivity index (χ4v) is 3.30. The van der Waals surface area contributed by atoms with E-state index < -0.39 is 0 Å². The lowest BCUT2D eigenvalue weighted by molar-refractivity contribution is 0.120. The summed E-state index contributed by atoms with van der Waals surface area (Å²) in [7, 11) is 1.71. The predicted octanol–water partition coefficient (Wildman–Crippen LogP) is 2.99. The zero-order chi connectivity index (χ0) is 13.6. The number of fused-ring (bicyclic) bond motifs is 1. The third kappa shape index (κ3) is 2.25. The lowest BCUT2D eigenvalue weighted by Crippen LogP contribution is -2.08. The van der Waals surface area contributed by atoms with Gasteiger partial charge in [0.05, 0.1) is 18.2 Å². The van der Waals surface area contributed by atoms with Crippen LogP contribution in [0.3, 0.4) is 0 Å². The summed E-state index contributed by atoms with van der Waals surface area (Å²) in [6.45, 7) is 2.87. The predicted molar refractivity (Wildman–Crippen MR) is 76.6 cm³/mol. The van der Waals surface area contributed by atoms with Crippen LogP contribution in [-0.2, 0) is 11.8 Å². The van der Waals surface area contributed by atoms with Crippen molar-refractivity contribution in [3.05, 3.63) is 34.3 Å². The van der Waals surface area contributed by atoms with Gasteiger partial charge in [-0.3, -0.25) is 4.57 Å². The van der Waals surface area contributed by atoms with Gasteiger partial charge in [0.1, 0.15) is 0 Å². The summed E-state index contributed by atoms with van der Waals surface area (Å²) in [4.78, 5) is 11.7. The Morgan fingerprint density at radius 1 is 1.47 bits per heavy atom. The molecule has 2 heterocycles. The van der Waals surface area contributed by atoms with E-state index in [0.29, 0.717) is 17.6 Å². The summed E-state index contributed by atoms with van der Waals surface area (Å²) in [5, 5.41) is 0. The number of alkyl halides is 1. The minimum Gasteiger partial charge on any atom is -0.408 e. The summed E-state index contributed by atoms with van der Waals surface area (Å²) in [5.74, 6) is 0.138. The first-order valence-electron chi connectivity index (χ1n) is 6.41. The second-order valence-corrected chi connectivity index (χ2v) is 6.18. The Bertz CT molecular complexity index is 660. The number of aromatic nitrogens is 1. The van der Waals surface area contributed by atoms with Crippen LogP contribution in [0.5, 0.6) is 0 Å². The minimum absolute atomic E-state index is 0.229. The topological polar surface area (TPSA) is 44.4 Å². The van der Waals surface area contributed by atoms with E-state index in [1.807, 2.05) is 18.2 Å². The van der Waals surface area contributed by atoms with E-state index in [1.54, 1.807) is 7.05 Å². The van der Waals surface area contributed by atoms with E-state index in [4.69, 9.17) is 9.15 Å². The van der Waals surface area contributed by atoms with E-state index in [0.717, 1.165) is 24.1 Å². The lowest BCUT2D eigenvalue weighted by atomic mass is 9.96. The number of benzene rings is 1. The number of aryl methyl sites for hydroxylation is 1. The third-order valence-corrected chi connectivity index (χ3v) is 5.05. The zero-order valence-corrected chi connectivity index (χ0v) is 12.5. The number of hydrogen-bond acceptors (Lipinski definition) is 3. The van der Waals surface area contributed by atoms with Gasteiger partial charge in [-0.05, 0) is 31.0 Å². The Hall–Kier alpha value is -1.07. The average molecular weight is 326 g/mol. The molecule has 4 nitrogen and oxygen atoms in total. The third-order valence-electron chi connectivity index (χ3n) is 3.78. The van der Waals surface area contributed by atoms with E-state index >= 15 is 0 Å². The number of rotatable bonds is 2. The highest BCUT2D eigenvalue weighted by atomic mass is 79.9. The molecule has 1 aliphatic heterocycles. The quantitative estimate of drug-likeness (QED) is 0.797. The Labute approximate surface area is 119 Å². The van der Waals surface area contributed by atoms with Crippen molar-refractivity contribution < 1.29 is 9.15 Å². The van der Waals surface area contributed by atoms with Crippen LogP contribution in [0.25, 0.3) is 11.1 Å². The van der Waals surface area contributed by atoms with Gasteiger partial charge in [0.15, 0.2) is 5.58 Å². The van der Waals surface area contributed by atoms with Gasteiger partial charge in [0, 0.05) is 17.8 Å². The minimum atomic E-state index is -0.323. The molecule has 5 heteroatoms. The van der Waals surface area contributed by atoms with Gasteiger partial charge >= 0.3 is 5.76 Å². The molecule has 2 aromatic rings. The van der Waals surface area contributed by atoms with Crippen LogP contribution in [0.4, 0.5) is 0 Å². The van der Waals surface area contributed by atoms with Gasteiger partial charge in [-0.25, -0.2) is 4.79 Å². The second kappa shape index (κ2) is 4.80. The highest BCUT2D eigenvalue weighted by molar-refractivity contribution is 9.09. The first kappa shape index (κ1) is 12.9. The Morgan fingerprint density at radius 3 is 2.95 bits per heavy atom. The molecule has 1 aromatic carbocycles. The molecule has 3 rings (SSSR count). The average Bonchev–Trinajstić information content (AvgIpc) is 2.94. The molecule has 1 aromatic heterocycles. The van der Waals surface area contributed by atoms with Gasteiger partial charge < -0.3 is 9.15 Å². The van der Waals surface area contributed by atoms with E-state index in [2.05, 4.69) is 22.9 Å². The largest absolute Gasteiger partial charge is 0.419 e. The fraction of sp³-hybridized carbons (Fsp3) is 0.500. The number of ether oxygens (including phenoxy) is 1. The zero-order valence-electron chi connectivity index (χ0n) is 10.9. The van der Waals surface area contributed by atoms with Crippen molar-refractivity contribution in [2.45, 2.75) is 24.3 Å². The van der Waals surface area contributed by atoms with Crippen molar-refractivity contribution in [2.75, 3.05) is 6.61 Å². The molecular weight excluding hydrogens is 310 g/mol. The van der Waals surface area contributed by atoms with Crippen LogP contribution in [0.15, 0.2) is 27.4 Å². The molecule has 0 spiro atoms. The number of oxazole rings is 1. The second-order valence-electron chi connectivity index (χ2n) is 5.20. The summed E-state index contributed by atoms with van der Waals surface area (Å²) < 4.78 is 12.4. The van der Waals surface area contributed by atoms with Crippen molar-refractivity contribution in [1.82, 2.24) is 4.57 Å². The smallest absolute Gasteiger partial charge is 0.408 e. The molecule has 1 saturated heterocycles. The molecule has 102 valence electrons. The van der Waals surface area contributed by atoms with Crippen LogP contribution < -0.4 is 5.76 Å². The molecule has 3 unspecified atom stereocenters. The maximum atomic E-state index is 11.5. The molecule has 3 atom stereocenters. The highest BCUT2D eigenvalue weighted by Crippen LogP contribution is 2.38. The molecule has 1 aliphatic rings. The molecule has 0 saturated carbocycles. The van der Waals surface area contributed by atoms with E-state index in [1.165, 1.54) is 4.57 Å². The SMILES string of the molecule is CC1CC(C(Br)c2ccc3c(c2)oc(=O)n3C)CO1. The Morgan fingerprint density at radius 2 is 2.26 bits per heavy atom. The van der Waals surface area contributed by atoms with Crippen LogP contribution in [0.1, 0.15) is 23.7 Å². The van der Waals surface area contributed by atoms with Crippen LogP contribution in [0, 0.1) is 5.92 Å². The van der Waals surface area contributed by atoms with Crippen molar-refractivity contribution in [2.24, 2.45) is 13.0 Å². The summed E-state index contributed by atoms with van der Waals surface area (Å²) in [6, 6.07) is 5.92. The monoisotopic (exact) mass is 325 g/mol. The molecule has 0 aliphatic carbocycles. The van der Waals surface area contributed by atoms with Crippen LogP contribution >= 0.6 is 15.9 Å². The van der Waals surface area contributed by atoms with Crippen LogP contribution in [0.2, 0.25) is 0 Å². The van der Waals surface area contributed by atoms with Crippen molar-refractivity contribution >= 4 is 27.0 Å². The molecule has 0 bridgehead atoms. The normalized spacial score (nSPS) is 25.0. The number of halogens is 1. The van der Waals surface area contributed by atoms with Gasteiger partial charge in [-0.1, -0.05) is 22.0 Å². The van der Waals surface area contributed by atoms with Crippen molar-refractivity contribution in [3.8, 4) is 0 Å². The lowest BCUT2D eigenvalue weighted by Gasteiger charge is -2.16. The summed E-state index contributed by atoms with van der Waals surface area (Å²) in [5.41, 5.74) is 2.59. The first-order chi connectivity index (χ1) is 9.06. The first-order valence-corrected chi connectivity index (χ1v) is 7.33. The molecule has 0 radical (unpaired) electrons. The van der Waals surface area contributed by atoms with E-state index in [9.17, 15) is 4.79 Å². The number of nitrogens with zero attached hydrogens (tertiary/aromatic N) is 1. The standard InChI is InChI=1S/C14H16BrNO3/c1-8-5-10(7-18-8)13(15)9-3-4-11-12(6-9)19-14(17)16(11)2/h3-4,6,8,10,13H,5,7H2,1-2H3. The maximum Gasteiger partial charge on any atom is 0.419 e. The fourth-order valence-electron chi connectivity index (χ4n) is 2.65. The highest BCUT2D eigenvalue weighted by Gasteiger charge is 2.29. The Balaban J connectivity index is 1.94.